The summed E-state index contributed by atoms with van der Waals surface area (Å²) in [4.78, 5) is 37.0. The van der Waals surface area contributed by atoms with Crippen molar-refractivity contribution in [2.75, 3.05) is 19.8 Å². The van der Waals surface area contributed by atoms with Crippen molar-refractivity contribution in [2.45, 2.75) is 137 Å². The Morgan fingerprint density at radius 1 is 0.622 bits per heavy atom. The smallest absolute Gasteiger partial charge is 0.310 e. The molecule has 0 saturated carbocycles. The molecular weight excluding hydrogens is 468 g/mol. The predicted octanol–water partition coefficient (Wildman–Crippen LogP) is 8.12. The highest BCUT2D eigenvalue weighted by molar-refractivity contribution is 5.80. The Bertz CT molecular complexity index is 601. The van der Waals surface area contributed by atoms with Gasteiger partial charge in [0, 0.05) is 6.42 Å². The van der Waals surface area contributed by atoms with Crippen LogP contribution in [-0.2, 0) is 28.6 Å². The quantitative estimate of drug-likeness (QED) is 0.0519. The minimum atomic E-state index is -0.509. The molecule has 0 aromatic carbocycles. The third-order valence-electron chi connectivity index (χ3n) is 6.58. The van der Waals surface area contributed by atoms with E-state index in [-0.39, 0.29) is 30.2 Å². The Labute approximate surface area is 227 Å². The number of hydrogen-bond donors (Lipinski definition) is 0. The average molecular weight is 525 g/mol. The molecule has 0 aliphatic carbocycles. The normalized spacial score (nSPS) is 12.9. The van der Waals surface area contributed by atoms with E-state index in [0.29, 0.717) is 26.2 Å². The van der Waals surface area contributed by atoms with Crippen molar-refractivity contribution in [3.8, 4) is 0 Å². The summed E-state index contributed by atoms with van der Waals surface area (Å²) < 4.78 is 16.2. The number of rotatable bonds is 25. The lowest BCUT2D eigenvalue weighted by molar-refractivity contribution is -0.156. The molecule has 0 fully saturated rings. The molecule has 0 bridgehead atoms. The van der Waals surface area contributed by atoms with E-state index in [9.17, 15) is 14.4 Å². The molecule has 0 rings (SSSR count). The number of carbonyl (C=O) groups excluding carboxylic acids is 3. The highest BCUT2D eigenvalue weighted by atomic mass is 16.5. The zero-order valence-electron chi connectivity index (χ0n) is 24.4. The summed E-state index contributed by atoms with van der Waals surface area (Å²) in [6, 6.07) is 0. The highest BCUT2D eigenvalue weighted by Crippen LogP contribution is 2.24. The van der Waals surface area contributed by atoms with Crippen molar-refractivity contribution >= 4 is 17.9 Å². The lowest BCUT2D eigenvalue weighted by atomic mass is 9.86. The van der Waals surface area contributed by atoms with Gasteiger partial charge in [-0.05, 0) is 50.9 Å². The van der Waals surface area contributed by atoms with Crippen LogP contribution in [0, 0.1) is 11.8 Å². The van der Waals surface area contributed by atoms with Crippen LogP contribution in [0.1, 0.15) is 137 Å². The van der Waals surface area contributed by atoms with E-state index in [1.165, 1.54) is 0 Å². The van der Waals surface area contributed by atoms with Crippen molar-refractivity contribution < 1.29 is 28.6 Å². The van der Waals surface area contributed by atoms with Gasteiger partial charge in [-0.2, -0.15) is 0 Å². The van der Waals surface area contributed by atoms with E-state index in [4.69, 9.17) is 14.2 Å². The standard InChI is InChI=1S/C31H56O6/c1-5-9-18-23-35-29(32)22-17-15-13-12-14-16-21-27(8-4)28(31(34)37-25-20-11-7-3)26-30(33)36-24-19-10-6-2/h16,21,27-28H,5-15,17-20,22-26H2,1-4H3. The van der Waals surface area contributed by atoms with Crippen molar-refractivity contribution in [1.82, 2.24) is 0 Å². The molecule has 0 aliphatic rings. The van der Waals surface area contributed by atoms with Crippen molar-refractivity contribution in [2.24, 2.45) is 11.8 Å². The lowest BCUT2D eigenvalue weighted by Gasteiger charge is -2.22. The lowest BCUT2D eigenvalue weighted by Crippen LogP contribution is -2.28. The molecule has 0 N–H and O–H groups in total. The van der Waals surface area contributed by atoms with E-state index in [1.807, 2.05) is 6.92 Å². The number of carbonyl (C=O) groups is 3. The van der Waals surface area contributed by atoms with Gasteiger partial charge in [-0.3, -0.25) is 14.4 Å². The maximum Gasteiger partial charge on any atom is 0.310 e. The molecular formula is C31H56O6. The fourth-order valence-corrected chi connectivity index (χ4v) is 4.14. The fourth-order valence-electron chi connectivity index (χ4n) is 4.14. The van der Waals surface area contributed by atoms with Gasteiger partial charge in [0.05, 0.1) is 32.2 Å². The van der Waals surface area contributed by atoms with E-state index in [0.717, 1.165) is 96.3 Å². The van der Waals surface area contributed by atoms with E-state index >= 15 is 0 Å². The zero-order chi connectivity index (χ0) is 27.6. The molecule has 0 aromatic rings. The molecule has 0 spiro atoms. The largest absolute Gasteiger partial charge is 0.466 e. The van der Waals surface area contributed by atoms with Crippen LogP contribution in [-0.4, -0.2) is 37.7 Å². The Hall–Kier alpha value is -1.85. The Morgan fingerprint density at radius 3 is 1.73 bits per heavy atom. The van der Waals surface area contributed by atoms with Crippen LogP contribution in [0.2, 0.25) is 0 Å². The van der Waals surface area contributed by atoms with Crippen molar-refractivity contribution in [1.29, 1.82) is 0 Å². The van der Waals surface area contributed by atoms with Crippen LogP contribution in [0.3, 0.4) is 0 Å². The maximum absolute atomic E-state index is 12.9. The summed E-state index contributed by atoms with van der Waals surface area (Å²) in [7, 11) is 0. The minimum absolute atomic E-state index is 0.0515. The molecule has 2 unspecified atom stereocenters. The summed E-state index contributed by atoms with van der Waals surface area (Å²) in [5.41, 5.74) is 0. The van der Waals surface area contributed by atoms with Gasteiger partial charge < -0.3 is 14.2 Å². The second kappa shape index (κ2) is 25.8. The maximum atomic E-state index is 12.9. The molecule has 0 aliphatic heterocycles. The Morgan fingerprint density at radius 2 is 1.16 bits per heavy atom. The van der Waals surface area contributed by atoms with Crippen LogP contribution in [0.15, 0.2) is 12.2 Å². The number of esters is 3. The second-order valence-electron chi connectivity index (χ2n) is 9.99. The third-order valence-corrected chi connectivity index (χ3v) is 6.58. The molecule has 2 atom stereocenters. The monoisotopic (exact) mass is 524 g/mol. The molecule has 37 heavy (non-hydrogen) atoms. The number of ether oxygens (including phenoxy) is 3. The van der Waals surface area contributed by atoms with Crippen LogP contribution >= 0.6 is 0 Å². The Kier molecular flexibility index (Phi) is 24.5. The topological polar surface area (TPSA) is 78.9 Å². The first kappa shape index (κ1) is 35.2. The van der Waals surface area contributed by atoms with Gasteiger partial charge in [-0.25, -0.2) is 0 Å². The zero-order valence-corrected chi connectivity index (χ0v) is 24.4. The van der Waals surface area contributed by atoms with Crippen LogP contribution in [0.4, 0.5) is 0 Å². The van der Waals surface area contributed by atoms with Gasteiger partial charge in [0.25, 0.3) is 0 Å². The van der Waals surface area contributed by atoms with Gasteiger partial charge >= 0.3 is 17.9 Å². The van der Waals surface area contributed by atoms with E-state index < -0.39 is 5.92 Å². The number of unbranched alkanes of at least 4 members (excludes halogenated alkanes) is 10. The summed E-state index contributed by atoms with van der Waals surface area (Å²) in [6.07, 6.45) is 19.4. The fraction of sp³-hybridized carbons (Fsp3) is 0.839. The van der Waals surface area contributed by atoms with Crippen LogP contribution in [0.25, 0.3) is 0 Å². The van der Waals surface area contributed by atoms with Gasteiger partial charge in [0.15, 0.2) is 0 Å². The predicted molar refractivity (Wildman–Crippen MR) is 150 cm³/mol. The number of hydrogen-bond acceptors (Lipinski definition) is 6. The molecule has 6 nitrogen and oxygen atoms in total. The van der Waals surface area contributed by atoms with Gasteiger partial charge in [0.1, 0.15) is 0 Å². The average Bonchev–Trinajstić information content (AvgIpc) is 2.89. The van der Waals surface area contributed by atoms with E-state index in [1.54, 1.807) is 0 Å². The summed E-state index contributed by atoms with van der Waals surface area (Å²) in [5.74, 6) is -1.26. The first-order chi connectivity index (χ1) is 18.0. The van der Waals surface area contributed by atoms with Crippen LogP contribution in [0.5, 0.6) is 0 Å². The molecule has 6 heteroatoms. The molecule has 0 radical (unpaired) electrons. The summed E-state index contributed by atoms with van der Waals surface area (Å²) in [6.45, 7) is 9.75. The highest BCUT2D eigenvalue weighted by Gasteiger charge is 2.30. The Balaban J connectivity index is 4.53. The van der Waals surface area contributed by atoms with Gasteiger partial charge in [-0.1, -0.05) is 91.2 Å². The van der Waals surface area contributed by atoms with Crippen LogP contribution < -0.4 is 0 Å². The molecule has 0 amide bonds. The minimum Gasteiger partial charge on any atom is -0.466 e. The second-order valence-corrected chi connectivity index (χ2v) is 9.99. The van der Waals surface area contributed by atoms with Gasteiger partial charge in [-0.15, -0.1) is 0 Å². The molecule has 0 heterocycles. The van der Waals surface area contributed by atoms with E-state index in [2.05, 4.69) is 32.9 Å². The summed E-state index contributed by atoms with van der Waals surface area (Å²) in [5, 5.41) is 0. The first-order valence-corrected chi connectivity index (χ1v) is 15.1. The molecule has 0 saturated heterocycles. The first-order valence-electron chi connectivity index (χ1n) is 15.1. The van der Waals surface area contributed by atoms with Crippen molar-refractivity contribution in [3.05, 3.63) is 12.2 Å². The third kappa shape index (κ3) is 20.8. The SMILES string of the molecule is CCCCCOC(=O)CCCCCCC=CC(CC)C(CC(=O)OCCCCC)C(=O)OCCCCC. The van der Waals surface area contributed by atoms with Crippen molar-refractivity contribution in [3.63, 3.8) is 0 Å². The number of allylic oxidation sites excluding steroid dienone is 2. The van der Waals surface area contributed by atoms with Gasteiger partial charge in [0.2, 0.25) is 0 Å². The summed E-state index contributed by atoms with van der Waals surface area (Å²) >= 11 is 0. The molecule has 216 valence electrons. The molecule has 0 aromatic heterocycles.